The quantitative estimate of drug-likeness (QED) is 0.577. The lowest BCUT2D eigenvalue weighted by Crippen LogP contribution is -2.30. The molecule has 104 valence electrons. The Kier molecular flexibility index (Phi) is 6.85. The highest BCUT2D eigenvalue weighted by molar-refractivity contribution is 5.77. The van der Waals surface area contributed by atoms with Gasteiger partial charge in [-0.15, -0.1) is 6.58 Å². The molecule has 0 aromatic heterocycles. The molecule has 1 aromatic rings. The number of hydrogen-bond acceptors (Lipinski definition) is 4. The van der Waals surface area contributed by atoms with Crippen LogP contribution in [0.15, 0.2) is 36.9 Å². The predicted octanol–water partition coefficient (Wildman–Crippen LogP) is 2.21. The van der Waals surface area contributed by atoms with Crippen molar-refractivity contribution >= 4 is 5.97 Å². The van der Waals surface area contributed by atoms with Crippen molar-refractivity contribution in [3.63, 3.8) is 0 Å². The van der Waals surface area contributed by atoms with Crippen LogP contribution in [0.25, 0.3) is 0 Å². The van der Waals surface area contributed by atoms with Crippen molar-refractivity contribution in [2.45, 2.75) is 19.6 Å². The van der Waals surface area contributed by atoms with Crippen molar-refractivity contribution in [2.24, 2.45) is 0 Å². The maximum absolute atomic E-state index is 12.0. The van der Waals surface area contributed by atoms with Crippen LogP contribution < -0.4 is 5.32 Å². The van der Waals surface area contributed by atoms with Gasteiger partial charge in [-0.2, -0.15) is 0 Å². The van der Waals surface area contributed by atoms with E-state index in [4.69, 9.17) is 9.47 Å². The smallest absolute Gasteiger partial charge is 0.327 e. The Morgan fingerprint density at radius 2 is 2.32 bits per heavy atom. The van der Waals surface area contributed by atoms with Crippen LogP contribution in [-0.2, 0) is 20.9 Å². The zero-order valence-electron chi connectivity index (χ0n) is 11.5. The lowest BCUT2D eigenvalue weighted by Gasteiger charge is -2.17. The Hall–Kier alpha value is -1.65. The molecule has 0 spiro atoms. The van der Waals surface area contributed by atoms with Gasteiger partial charge in [-0.1, -0.05) is 30.3 Å². The van der Waals surface area contributed by atoms with E-state index in [-0.39, 0.29) is 5.97 Å². The molecule has 1 aromatic carbocycles. The van der Waals surface area contributed by atoms with Gasteiger partial charge in [-0.25, -0.2) is 4.79 Å². The van der Waals surface area contributed by atoms with E-state index in [0.29, 0.717) is 19.8 Å². The van der Waals surface area contributed by atoms with Crippen LogP contribution in [0.2, 0.25) is 0 Å². The number of methoxy groups -OCH3 is 1. The van der Waals surface area contributed by atoms with Crippen LogP contribution in [0.1, 0.15) is 24.1 Å². The van der Waals surface area contributed by atoms with Crippen molar-refractivity contribution in [2.75, 3.05) is 20.3 Å². The summed E-state index contributed by atoms with van der Waals surface area (Å²) in [6.45, 7) is 6.86. The van der Waals surface area contributed by atoms with Crippen molar-refractivity contribution in [3.8, 4) is 0 Å². The minimum Gasteiger partial charge on any atom is -0.465 e. The molecular weight excluding hydrogens is 242 g/mol. The van der Waals surface area contributed by atoms with E-state index in [2.05, 4.69) is 11.9 Å². The fourth-order valence-electron chi connectivity index (χ4n) is 1.79. The standard InChI is InChI=1S/C15H21NO3/c1-4-9-16-14(15(17)19-5-2)13-8-6-7-12(10-13)11-18-3/h4,6-8,10,14,16H,1,5,9,11H2,2-3H3. The van der Waals surface area contributed by atoms with Crippen molar-refractivity contribution in [1.29, 1.82) is 0 Å². The molecular formula is C15H21NO3. The summed E-state index contributed by atoms with van der Waals surface area (Å²) in [6, 6.07) is 7.24. The molecule has 0 bridgehead atoms. The van der Waals surface area contributed by atoms with E-state index < -0.39 is 6.04 Å². The summed E-state index contributed by atoms with van der Waals surface area (Å²) in [5.41, 5.74) is 1.89. The van der Waals surface area contributed by atoms with Gasteiger partial charge in [-0.3, -0.25) is 5.32 Å². The maximum atomic E-state index is 12.0. The number of ether oxygens (including phenoxy) is 2. The molecule has 0 saturated heterocycles. The monoisotopic (exact) mass is 263 g/mol. The molecule has 0 radical (unpaired) electrons. The molecule has 0 saturated carbocycles. The lowest BCUT2D eigenvalue weighted by atomic mass is 10.0. The summed E-state index contributed by atoms with van der Waals surface area (Å²) in [7, 11) is 1.64. The van der Waals surface area contributed by atoms with Crippen LogP contribution in [0.5, 0.6) is 0 Å². The molecule has 0 amide bonds. The maximum Gasteiger partial charge on any atom is 0.327 e. The number of carbonyl (C=O) groups is 1. The lowest BCUT2D eigenvalue weighted by molar-refractivity contribution is -0.145. The van der Waals surface area contributed by atoms with Gasteiger partial charge in [0.25, 0.3) is 0 Å². The van der Waals surface area contributed by atoms with Crippen LogP contribution >= 0.6 is 0 Å². The number of nitrogens with one attached hydrogen (secondary N) is 1. The Morgan fingerprint density at radius 1 is 1.53 bits per heavy atom. The van der Waals surface area contributed by atoms with Gasteiger partial charge in [0.15, 0.2) is 0 Å². The number of esters is 1. The van der Waals surface area contributed by atoms with Crippen molar-refractivity contribution in [3.05, 3.63) is 48.0 Å². The Morgan fingerprint density at radius 3 is 2.95 bits per heavy atom. The second kappa shape index (κ2) is 8.45. The second-order valence-corrected chi connectivity index (χ2v) is 4.06. The van der Waals surface area contributed by atoms with E-state index in [0.717, 1.165) is 11.1 Å². The Bertz CT molecular complexity index is 418. The van der Waals surface area contributed by atoms with Gasteiger partial charge in [0, 0.05) is 13.7 Å². The van der Waals surface area contributed by atoms with Crippen molar-refractivity contribution in [1.82, 2.24) is 5.32 Å². The van der Waals surface area contributed by atoms with Gasteiger partial charge in [0.2, 0.25) is 0 Å². The molecule has 0 aliphatic carbocycles. The summed E-state index contributed by atoms with van der Waals surface area (Å²) in [5.74, 6) is -0.279. The highest BCUT2D eigenvalue weighted by atomic mass is 16.5. The van der Waals surface area contributed by atoms with Crippen molar-refractivity contribution < 1.29 is 14.3 Å². The molecule has 1 rings (SSSR count). The van der Waals surface area contributed by atoms with Gasteiger partial charge in [0.05, 0.1) is 13.2 Å². The predicted molar refractivity (Wildman–Crippen MR) is 74.7 cm³/mol. The fourth-order valence-corrected chi connectivity index (χ4v) is 1.79. The third kappa shape index (κ3) is 4.85. The summed E-state index contributed by atoms with van der Waals surface area (Å²) in [6.07, 6.45) is 1.71. The zero-order chi connectivity index (χ0) is 14.1. The number of rotatable bonds is 8. The van der Waals surface area contributed by atoms with Crippen LogP contribution in [0.4, 0.5) is 0 Å². The van der Waals surface area contributed by atoms with Gasteiger partial charge in [-0.05, 0) is 18.1 Å². The van der Waals surface area contributed by atoms with Gasteiger partial charge >= 0.3 is 5.97 Å². The fraction of sp³-hybridized carbons (Fsp3) is 0.400. The minimum absolute atomic E-state index is 0.279. The molecule has 0 fully saturated rings. The van der Waals surface area contributed by atoms with E-state index in [9.17, 15) is 4.79 Å². The van der Waals surface area contributed by atoms with Crippen LogP contribution in [0.3, 0.4) is 0 Å². The molecule has 4 heteroatoms. The third-order valence-corrected chi connectivity index (χ3v) is 2.58. The molecule has 1 unspecified atom stereocenters. The first-order valence-corrected chi connectivity index (χ1v) is 6.31. The average molecular weight is 263 g/mol. The first-order chi connectivity index (χ1) is 9.22. The first kappa shape index (κ1) is 15.4. The molecule has 19 heavy (non-hydrogen) atoms. The van der Waals surface area contributed by atoms with E-state index >= 15 is 0 Å². The number of carbonyl (C=O) groups excluding carboxylic acids is 1. The molecule has 1 atom stereocenters. The summed E-state index contributed by atoms with van der Waals surface area (Å²) >= 11 is 0. The summed E-state index contributed by atoms with van der Waals surface area (Å²) in [4.78, 5) is 12.0. The molecule has 0 aliphatic heterocycles. The Balaban J connectivity index is 2.91. The van der Waals surface area contributed by atoms with E-state index in [1.807, 2.05) is 24.3 Å². The molecule has 1 N–H and O–H groups in total. The van der Waals surface area contributed by atoms with E-state index in [1.165, 1.54) is 0 Å². The number of hydrogen-bond donors (Lipinski definition) is 1. The first-order valence-electron chi connectivity index (χ1n) is 6.31. The largest absolute Gasteiger partial charge is 0.465 e. The summed E-state index contributed by atoms with van der Waals surface area (Å²) in [5, 5.41) is 3.11. The highest BCUT2D eigenvalue weighted by Gasteiger charge is 2.20. The molecule has 0 aliphatic rings. The van der Waals surface area contributed by atoms with E-state index in [1.54, 1.807) is 20.1 Å². The normalized spacial score (nSPS) is 11.9. The average Bonchev–Trinajstić information content (AvgIpc) is 2.40. The Labute approximate surface area is 114 Å². The highest BCUT2D eigenvalue weighted by Crippen LogP contribution is 2.17. The minimum atomic E-state index is -0.477. The van der Waals surface area contributed by atoms with Gasteiger partial charge < -0.3 is 9.47 Å². The third-order valence-electron chi connectivity index (χ3n) is 2.58. The number of benzene rings is 1. The van der Waals surface area contributed by atoms with Gasteiger partial charge in [0.1, 0.15) is 6.04 Å². The topological polar surface area (TPSA) is 47.6 Å². The zero-order valence-corrected chi connectivity index (χ0v) is 11.5. The SMILES string of the molecule is C=CCNC(C(=O)OCC)c1cccc(COC)c1. The summed E-state index contributed by atoms with van der Waals surface area (Å²) < 4.78 is 10.2. The molecule has 4 nitrogen and oxygen atoms in total. The van der Waals surface area contributed by atoms with Crippen LogP contribution in [0, 0.1) is 0 Å². The molecule has 0 heterocycles. The second-order valence-electron chi connectivity index (χ2n) is 4.06. The van der Waals surface area contributed by atoms with Crippen LogP contribution in [-0.4, -0.2) is 26.2 Å².